The molecule has 1 aromatic rings. The number of nitrogens with zero attached hydrogens (tertiary/aromatic N) is 2. The van der Waals surface area contributed by atoms with Gasteiger partial charge in [-0.3, -0.25) is 9.59 Å². The third-order valence-corrected chi connectivity index (χ3v) is 6.83. The summed E-state index contributed by atoms with van der Waals surface area (Å²) in [7, 11) is 0. The lowest BCUT2D eigenvalue weighted by Gasteiger charge is -2.31. The molecule has 2 heterocycles. The smallest absolute Gasteiger partial charge is 0.310 e. The fourth-order valence-electron chi connectivity index (χ4n) is 4.12. The molecule has 28 heavy (non-hydrogen) atoms. The normalized spacial score (nSPS) is 22.2. The average molecular weight is 404 g/mol. The van der Waals surface area contributed by atoms with Crippen molar-refractivity contribution in [3.05, 3.63) is 16.0 Å². The predicted octanol–water partition coefficient (Wildman–Crippen LogP) is 3.35. The first-order chi connectivity index (χ1) is 13.5. The zero-order chi connectivity index (χ0) is 20.1. The summed E-state index contributed by atoms with van der Waals surface area (Å²) in [6.45, 7) is 6.63. The van der Waals surface area contributed by atoms with Crippen LogP contribution in [-0.4, -0.2) is 43.0 Å². The minimum atomic E-state index is -0.131. The Bertz CT molecular complexity index is 768. The number of hydrogen-bond acceptors (Lipinski definition) is 6. The number of piperidine rings is 1. The van der Waals surface area contributed by atoms with Crippen LogP contribution in [-0.2, 0) is 27.2 Å². The lowest BCUT2D eigenvalue weighted by atomic mass is 9.89. The van der Waals surface area contributed by atoms with Gasteiger partial charge in [-0.1, -0.05) is 6.92 Å². The van der Waals surface area contributed by atoms with Crippen LogP contribution in [0.1, 0.15) is 55.5 Å². The highest BCUT2D eigenvalue weighted by Gasteiger charge is 2.28. The van der Waals surface area contributed by atoms with Crippen molar-refractivity contribution in [2.24, 2.45) is 11.8 Å². The molecule has 2 atom stereocenters. The number of fused-ring (bicyclic) bond motifs is 1. The van der Waals surface area contributed by atoms with Gasteiger partial charge in [0.2, 0.25) is 5.91 Å². The number of anilines is 1. The van der Waals surface area contributed by atoms with Crippen molar-refractivity contribution in [1.82, 2.24) is 4.90 Å². The number of ether oxygens (including phenoxy) is 1. The van der Waals surface area contributed by atoms with Gasteiger partial charge in [-0.25, -0.2) is 0 Å². The quantitative estimate of drug-likeness (QED) is 0.737. The number of thiophene rings is 1. The van der Waals surface area contributed by atoms with Gasteiger partial charge in [-0.05, 0) is 57.1 Å². The van der Waals surface area contributed by atoms with Crippen molar-refractivity contribution >= 4 is 28.2 Å². The Labute approximate surface area is 170 Å². The van der Waals surface area contributed by atoms with Gasteiger partial charge in [0.05, 0.1) is 18.1 Å². The molecule has 1 aromatic heterocycles. The van der Waals surface area contributed by atoms with Gasteiger partial charge in [-0.2, -0.15) is 5.26 Å². The molecule has 152 valence electrons. The molecule has 1 aliphatic carbocycles. The summed E-state index contributed by atoms with van der Waals surface area (Å²) in [4.78, 5) is 27.9. The first kappa shape index (κ1) is 20.8. The fraction of sp³-hybridized carbons (Fsp3) is 0.667. The summed E-state index contributed by atoms with van der Waals surface area (Å²) in [5.74, 6) is 0.343. The van der Waals surface area contributed by atoms with Gasteiger partial charge in [0.15, 0.2) is 0 Å². The number of nitrogens with one attached hydrogen (secondary N) is 1. The number of likely N-dealkylation sites (tertiary alicyclic amines) is 1. The monoisotopic (exact) mass is 403 g/mol. The highest BCUT2D eigenvalue weighted by atomic mass is 32.1. The molecule has 0 aromatic carbocycles. The molecular formula is C21H29N3O3S. The van der Waals surface area contributed by atoms with Crippen LogP contribution in [0.15, 0.2) is 0 Å². The van der Waals surface area contributed by atoms with Crippen LogP contribution in [0.2, 0.25) is 0 Å². The second-order valence-corrected chi connectivity index (χ2v) is 8.96. The fourth-order valence-corrected chi connectivity index (χ4v) is 5.49. The van der Waals surface area contributed by atoms with Gasteiger partial charge in [-0.15, -0.1) is 11.3 Å². The Kier molecular flexibility index (Phi) is 7.08. The second kappa shape index (κ2) is 9.53. The first-order valence-corrected chi connectivity index (χ1v) is 11.1. The van der Waals surface area contributed by atoms with Crippen molar-refractivity contribution in [3.63, 3.8) is 0 Å². The minimum Gasteiger partial charge on any atom is -0.466 e. The molecule has 6 nitrogen and oxygen atoms in total. The summed E-state index contributed by atoms with van der Waals surface area (Å²) < 4.78 is 5.13. The highest BCUT2D eigenvalue weighted by Crippen LogP contribution is 2.39. The van der Waals surface area contributed by atoms with Crippen molar-refractivity contribution in [3.8, 4) is 6.07 Å². The maximum atomic E-state index is 12.5. The minimum absolute atomic E-state index is 0.0681. The molecule has 2 aliphatic rings. The molecule has 0 saturated carbocycles. The lowest BCUT2D eigenvalue weighted by Crippen LogP contribution is -2.40. The summed E-state index contributed by atoms with van der Waals surface area (Å²) in [5, 5.41) is 13.2. The molecule has 1 saturated heterocycles. The molecule has 1 amide bonds. The zero-order valence-electron chi connectivity index (χ0n) is 16.8. The standard InChI is InChI=1S/C21H29N3O3S/c1-3-27-21(26)15-5-4-9-24(13-15)10-8-19(25)23-20-17(12-22)16-7-6-14(2)11-18(16)28-20/h14-15H,3-11,13H2,1-2H3,(H,23,25)/t14-,15-/m0/s1. The van der Waals surface area contributed by atoms with E-state index >= 15 is 0 Å². The Morgan fingerprint density at radius 3 is 2.96 bits per heavy atom. The number of esters is 1. The largest absolute Gasteiger partial charge is 0.466 e. The maximum absolute atomic E-state index is 12.5. The van der Waals surface area contributed by atoms with Crippen LogP contribution in [0.5, 0.6) is 0 Å². The van der Waals surface area contributed by atoms with Crippen molar-refractivity contribution in [2.45, 2.75) is 52.4 Å². The zero-order valence-corrected chi connectivity index (χ0v) is 17.6. The number of nitriles is 1. The molecular weight excluding hydrogens is 374 g/mol. The molecule has 7 heteroatoms. The summed E-state index contributed by atoms with van der Waals surface area (Å²) >= 11 is 1.56. The van der Waals surface area contributed by atoms with Crippen LogP contribution in [0.3, 0.4) is 0 Å². The number of amides is 1. The topological polar surface area (TPSA) is 82.4 Å². The number of carbonyl (C=O) groups excluding carboxylic acids is 2. The van der Waals surface area contributed by atoms with E-state index in [1.165, 1.54) is 4.88 Å². The molecule has 1 aliphatic heterocycles. The number of carbonyl (C=O) groups is 2. The van der Waals surface area contributed by atoms with Crippen LogP contribution < -0.4 is 5.32 Å². The van der Waals surface area contributed by atoms with E-state index in [4.69, 9.17) is 4.74 Å². The first-order valence-electron chi connectivity index (χ1n) is 10.2. The second-order valence-electron chi connectivity index (χ2n) is 7.86. The Morgan fingerprint density at radius 2 is 2.21 bits per heavy atom. The number of hydrogen-bond donors (Lipinski definition) is 1. The average Bonchev–Trinajstić information content (AvgIpc) is 3.02. The predicted molar refractivity (Wildman–Crippen MR) is 109 cm³/mol. The molecule has 1 N–H and O–H groups in total. The van der Waals surface area contributed by atoms with Crippen LogP contribution in [0, 0.1) is 23.2 Å². The van der Waals surface area contributed by atoms with Crippen molar-refractivity contribution < 1.29 is 14.3 Å². The van der Waals surface area contributed by atoms with E-state index in [-0.39, 0.29) is 17.8 Å². The van der Waals surface area contributed by atoms with E-state index in [1.54, 1.807) is 11.3 Å². The van der Waals surface area contributed by atoms with E-state index < -0.39 is 0 Å². The Morgan fingerprint density at radius 1 is 1.39 bits per heavy atom. The van der Waals surface area contributed by atoms with Gasteiger partial charge in [0, 0.05) is 24.4 Å². The number of rotatable bonds is 6. The molecule has 3 rings (SSSR count). The molecule has 0 spiro atoms. The molecule has 0 bridgehead atoms. The van der Waals surface area contributed by atoms with E-state index in [9.17, 15) is 14.9 Å². The summed E-state index contributed by atoms with van der Waals surface area (Å²) in [6.07, 6.45) is 5.18. The third kappa shape index (κ3) is 4.92. The lowest BCUT2D eigenvalue weighted by molar-refractivity contribution is -0.149. The molecule has 0 radical (unpaired) electrons. The summed E-state index contributed by atoms with van der Waals surface area (Å²) in [5.41, 5.74) is 1.79. The van der Waals surface area contributed by atoms with Crippen LogP contribution in [0.25, 0.3) is 0 Å². The van der Waals surface area contributed by atoms with Crippen LogP contribution in [0.4, 0.5) is 5.00 Å². The Balaban J connectivity index is 1.54. The molecule has 0 unspecified atom stereocenters. The van der Waals surface area contributed by atoms with E-state index in [0.717, 1.165) is 44.2 Å². The van der Waals surface area contributed by atoms with Crippen LogP contribution >= 0.6 is 11.3 Å². The summed E-state index contributed by atoms with van der Waals surface area (Å²) in [6, 6.07) is 2.29. The van der Waals surface area contributed by atoms with Gasteiger partial charge in [0.25, 0.3) is 0 Å². The maximum Gasteiger partial charge on any atom is 0.310 e. The van der Waals surface area contributed by atoms with E-state index in [2.05, 4.69) is 23.2 Å². The van der Waals surface area contributed by atoms with E-state index in [1.807, 2.05) is 6.92 Å². The van der Waals surface area contributed by atoms with Gasteiger partial charge in [0.1, 0.15) is 11.1 Å². The SMILES string of the molecule is CCOC(=O)[C@H]1CCCN(CCC(=O)Nc2sc3c(c2C#N)CC[C@H](C)C3)C1. The van der Waals surface area contributed by atoms with Crippen molar-refractivity contribution in [1.29, 1.82) is 5.26 Å². The third-order valence-electron chi connectivity index (χ3n) is 5.66. The highest BCUT2D eigenvalue weighted by molar-refractivity contribution is 7.16. The molecule has 1 fully saturated rings. The Hall–Kier alpha value is -1.91. The van der Waals surface area contributed by atoms with Crippen molar-refractivity contribution in [2.75, 3.05) is 31.6 Å². The van der Waals surface area contributed by atoms with E-state index in [0.29, 0.717) is 42.6 Å². The van der Waals surface area contributed by atoms with Gasteiger partial charge < -0.3 is 15.0 Å². The van der Waals surface area contributed by atoms with Gasteiger partial charge >= 0.3 is 5.97 Å².